The van der Waals surface area contributed by atoms with Gasteiger partial charge in [0.1, 0.15) is 18.0 Å². The number of rotatable bonds is 6. The molecular weight excluding hydrogens is 338 g/mol. The van der Waals surface area contributed by atoms with Gasteiger partial charge in [-0.15, -0.1) is 0 Å². The van der Waals surface area contributed by atoms with Crippen molar-refractivity contribution in [1.82, 2.24) is 10.6 Å². The summed E-state index contributed by atoms with van der Waals surface area (Å²) in [4.78, 5) is 4.37. The minimum absolute atomic E-state index is 0.280. The smallest absolute Gasteiger partial charge is 0.197 e. The Hall–Kier alpha value is -2.93. The molecule has 2 aromatic rings. The van der Waals surface area contributed by atoms with E-state index in [1.807, 2.05) is 30.3 Å². The summed E-state index contributed by atoms with van der Waals surface area (Å²) in [6, 6.07) is 13.2. The van der Waals surface area contributed by atoms with E-state index in [-0.39, 0.29) is 6.42 Å². The maximum Gasteiger partial charge on any atom is 0.197 e. The second-order valence-electron chi connectivity index (χ2n) is 5.96. The maximum absolute atomic E-state index is 13.4. The minimum atomic E-state index is -0.950. The van der Waals surface area contributed by atoms with Crippen molar-refractivity contribution in [2.75, 3.05) is 13.2 Å². The summed E-state index contributed by atoms with van der Waals surface area (Å²) in [5, 5.41) is 6.04. The molecule has 136 valence electrons. The van der Waals surface area contributed by atoms with Crippen LogP contribution in [0.2, 0.25) is 0 Å². The first kappa shape index (κ1) is 17.9. The number of ether oxygens (including phenoxy) is 1. The first-order valence-electron chi connectivity index (χ1n) is 8.22. The number of nitrogens with zero attached hydrogens (tertiary/aromatic N) is 1. The average Bonchev–Trinajstić information content (AvgIpc) is 2.63. The monoisotopic (exact) mass is 358 g/mol. The van der Waals surface area contributed by atoms with Gasteiger partial charge in [-0.25, -0.2) is 13.8 Å². The zero-order chi connectivity index (χ0) is 18.4. The molecule has 1 aliphatic heterocycles. The first-order chi connectivity index (χ1) is 12.5. The van der Waals surface area contributed by atoms with Crippen molar-refractivity contribution >= 4 is 5.96 Å². The fraction of sp³-hybridized carbons (Fsp3) is 0.211. The molecule has 1 unspecified atom stereocenters. The van der Waals surface area contributed by atoms with Gasteiger partial charge in [0.25, 0.3) is 0 Å². The molecular formula is C19H20F2N4O. The molecule has 0 radical (unpaired) electrons. The van der Waals surface area contributed by atoms with Gasteiger partial charge in [-0.05, 0) is 35.9 Å². The summed E-state index contributed by atoms with van der Waals surface area (Å²) in [5.41, 5.74) is 5.93. The van der Waals surface area contributed by atoms with Crippen molar-refractivity contribution in [3.8, 4) is 5.75 Å². The molecule has 0 aliphatic carbocycles. The number of guanidine groups is 1. The van der Waals surface area contributed by atoms with E-state index in [1.54, 1.807) is 12.3 Å². The molecule has 0 amide bonds. The van der Waals surface area contributed by atoms with Crippen LogP contribution in [0.1, 0.15) is 5.56 Å². The third-order valence-electron chi connectivity index (χ3n) is 3.81. The van der Waals surface area contributed by atoms with E-state index in [0.717, 1.165) is 17.9 Å². The fourth-order valence-corrected chi connectivity index (χ4v) is 2.58. The molecule has 26 heavy (non-hydrogen) atoms. The average molecular weight is 358 g/mol. The summed E-state index contributed by atoms with van der Waals surface area (Å²) in [6.07, 6.45) is 3.67. The Bertz CT molecular complexity index is 810. The lowest BCUT2D eigenvalue weighted by atomic mass is 9.99. The zero-order valence-electron chi connectivity index (χ0n) is 14.1. The number of hydrogen-bond acceptors (Lipinski definition) is 3. The Morgan fingerprint density at radius 2 is 1.88 bits per heavy atom. The Balaban J connectivity index is 1.56. The van der Waals surface area contributed by atoms with Gasteiger partial charge in [0.15, 0.2) is 17.6 Å². The van der Waals surface area contributed by atoms with Crippen molar-refractivity contribution in [2.24, 2.45) is 10.7 Å². The van der Waals surface area contributed by atoms with Gasteiger partial charge in [0.2, 0.25) is 0 Å². The summed E-state index contributed by atoms with van der Waals surface area (Å²) in [6.45, 7) is 0.848. The van der Waals surface area contributed by atoms with E-state index in [2.05, 4.69) is 15.6 Å². The highest BCUT2D eigenvalue weighted by molar-refractivity contribution is 5.83. The van der Waals surface area contributed by atoms with Crippen molar-refractivity contribution in [3.05, 3.63) is 78.0 Å². The number of aliphatic imine (C=N–C) groups is 1. The number of benzene rings is 2. The topological polar surface area (TPSA) is 71.7 Å². The summed E-state index contributed by atoms with van der Waals surface area (Å²) >= 11 is 0. The molecule has 5 nitrogen and oxygen atoms in total. The first-order valence-corrected chi connectivity index (χ1v) is 8.22. The van der Waals surface area contributed by atoms with Crippen LogP contribution >= 0.6 is 0 Å². The van der Waals surface area contributed by atoms with Crippen LogP contribution in [0.15, 0.2) is 65.8 Å². The lowest BCUT2D eigenvalue weighted by Gasteiger charge is -2.32. The normalized spacial score (nSPS) is 20.5. The van der Waals surface area contributed by atoms with Crippen molar-refractivity contribution in [3.63, 3.8) is 0 Å². The van der Waals surface area contributed by atoms with Crippen LogP contribution in [0.4, 0.5) is 8.78 Å². The van der Waals surface area contributed by atoms with Crippen LogP contribution in [0.3, 0.4) is 0 Å². The molecule has 1 atom stereocenters. The van der Waals surface area contributed by atoms with E-state index in [4.69, 9.17) is 10.5 Å². The van der Waals surface area contributed by atoms with Crippen molar-refractivity contribution < 1.29 is 13.5 Å². The van der Waals surface area contributed by atoms with Crippen molar-refractivity contribution in [1.29, 1.82) is 0 Å². The summed E-state index contributed by atoms with van der Waals surface area (Å²) < 4.78 is 32.0. The number of hydrogen-bond donors (Lipinski definition) is 3. The molecule has 0 spiro atoms. The zero-order valence-corrected chi connectivity index (χ0v) is 14.1. The molecule has 0 aromatic heterocycles. The number of nitrogens with two attached hydrogens (primary N) is 1. The minimum Gasteiger partial charge on any atom is -0.492 e. The second kappa shape index (κ2) is 7.97. The molecule has 2 aromatic carbocycles. The fourth-order valence-electron chi connectivity index (χ4n) is 2.58. The van der Waals surface area contributed by atoms with E-state index >= 15 is 0 Å². The number of para-hydroxylation sites is 1. The number of halogens is 2. The predicted octanol–water partition coefficient (Wildman–Crippen LogP) is 2.30. The van der Waals surface area contributed by atoms with Gasteiger partial charge in [-0.2, -0.15) is 0 Å². The third kappa shape index (κ3) is 4.80. The predicted molar refractivity (Wildman–Crippen MR) is 96.6 cm³/mol. The quantitative estimate of drug-likeness (QED) is 0.693. The Morgan fingerprint density at radius 3 is 2.65 bits per heavy atom. The van der Waals surface area contributed by atoms with Gasteiger partial charge in [0, 0.05) is 12.6 Å². The summed E-state index contributed by atoms with van der Waals surface area (Å²) in [5.74, 6) is -0.497. The van der Waals surface area contributed by atoms with Crippen LogP contribution in [0.25, 0.3) is 0 Å². The van der Waals surface area contributed by atoms with Crippen molar-refractivity contribution in [2.45, 2.75) is 12.1 Å². The highest BCUT2D eigenvalue weighted by Crippen LogP contribution is 2.15. The van der Waals surface area contributed by atoms with E-state index in [0.29, 0.717) is 24.7 Å². The molecule has 0 fully saturated rings. The summed E-state index contributed by atoms with van der Waals surface area (Å²) in [7, 11) is 0. The third-order valence-corrected chi connectivity index (χ3v) is 3.81. The molecule has 1 aliphatic rings. The number of nitrogens with one attached hydrogen (secondary N) is 2. The lowest BCUT2D eigenvalue weighted by molar-refractivity contribution is 0.328. The van der Waals surface area contributed by atoms with Crippen LogP contribution in [-0.4, -0.2) is 24.8 Å². The van der Waals surface area contributed by atoms with Crippen LogP contribution in [-0.2, 0) is 6.42 Å². The Kier molecular flexibility index (Phi) is 5.48. The van der Waals surface area contributed by atoms with Gasteiger partial charge in [-0.1, -0.05) is 24.3 Å². The van der Waals surface area contributed by atoms with Crippen LogP contribution in [0.5, 0.6) is 5.75 Å². The molecule has 0 saturated heterocycles. The van der Waals surface area contributed by atoms with Gasteiger partial charge < -0.3 is 21.1 Å². The van der Waals surface area contributed by atoms with Crippen LogP contribution < -0.4 is 21.1 Å². The maximum atomic E-state index is 13.4. The largest absolute Gasteiger partial charge is 0.492 e. The second-order valence-corrected chi connectivity index (χ2v) is 5.96. The Morgan fingerprint density at radius 1 is 1.08 bits per heavy atom. The molecule has 1 heterocycles. The SMILES string of the molecule is NC1(Cc2ccc(F)c(F)c2)C=CNC(=NCCOc2ccccc2)N1. The van der Waals surface area contributed by atoms with E-state index in [9.17, 15) is 8.78 Å². The van der Waals surface area contributed by atoms with Gasteiger partial charge in [-0.3, -0.25) is 0 Å². The standard InChI is InChI=1S/C19H20F2N4O/c20-16-7-6-14(12-17(16)21)13-19(22)8-9-23-18(25-19)24-10-11-26-15-4-2-1-3-5-15/h1-9,12H,10-11,13,22H2,(H2,23,24,25). The molecule has 3 rings (SSSR count). The lowest BCUT2D eigenvalue weighted by Crippen LogP contribution is -2.61. The van der Waals surface area contributed by atoms with E-state index in [1.165, 1.54) is 6.07 Å². The molecule has 4 N–H and O–H groups in total. The highest BCUT2D eigenvalue weighted by Gasteiger charge is 2.26. The molecule has 0 bridgehead atoms. The van der Waals surface area contributed by atoms with Gasteiger partial charge >= 0.3 is 0 Å². The van der Waals surface area contributed by atoms with Gasteiger partial charge in [0.05, 0.1) is 6.54 Å². The molecule has 0 saturated carbocycles. The highest BCUT2D eigenvalue weighted by atomic mass is 19.2. The van der Waals surface area contributed by atoms with Crippen LogP contribution in [0, 0.1) is 11.6 Å². The molecule has 7 heteroatoms. The van der Waals surface area contributed by atoms with E-state index < -0.39 is 17.3 Å². The Labute approximate surface area is 150 Å².